The Bertz CT molecular complexity index is 664. The molecular weight excluding hydrogens is 386 g/mol. The number of nitrogens with one attached hydrogen (secondary N) is 2. The number of nitrogens with zero attached hydrogens (tertiary/aromatic N) is 1. The van der Waals surface area contributed by atoms with Crippen LogP contribution in [0.5, 0.6) is 0 Å². The van der Waals surface area contributed by atoms with Crippen LogP contribution in [-0.2, 0) is 14.3 Å². The minimum absolute atomic E-state index is 0.0607. The van der Waals surface area contributed by atoms with E-state index < -0.39 is 29.4 Å². The number of ether oxygens (including phenoxy) is 1. The van der Waals surface area contributed by atoms with Crippen molar-refractivity contribution in [3.8, 4) is 0 Å². The zero-order valence-electron chi connectivity index (χ0n) is 13.0. The van der Waals surface area contributed by atoms with E-state index >= 15 is 0 Å². The molecular formula is C14H16BrN3O6. The smallest absolute Gasteiger partial charge is 0.338 e. The van der Waals surface area contributed by atoms with Crippen molar-refractivity contribution in [3.05, 3.63) is 38.3 Å². The average Bonchev–Trinajstić information content (AvgIpc) is 2.52. The topological polar surface area (TPSA) is 128 Å². The molecule has 9 nitrogen and oxygen atoms in total. The SMILES string of the molecule is CCNC(=O)[C@H](C)NC(=O)COC(=O)c1ccc(Br)c([N+](=O)[O-])c1. The molecule has 0 bridgehead atoms. The van der Waals surface area contributed by atoms with Crippen LogP contribution in [0.2, 0.25) is 0 Å². The number of hydrogen-bond acceptors (Lipinski definition) is 6. The van der Waals surface area contributed by atoms with E-state index in [0.717, 1.165) is 6.07 Å². The number of nitro groups is 1. The molecule has 0 radical (unpaired) electrons. The first-order valence-electron chi connectivity index (χ1n) is 6.94. The first kappa shape index (κ1) is 19.6. The van der Waals surface area contributed by atoms with Gasteiger partial charge in [0.05, 0.1) is 15.0 Å². The third-order valence-electron chi connectivity index (χ3n) is 2.83. The number of likely N-dealkylation sites (N-methyl/N-ethyl adjacent to an activating group) is 1. The third kappa shape index (κ3) is 5.61. The highest BCUT2D eigenvalue weighted by atomic mass is 79.9. The fraction of sp³-hybridized carbons (Fsp3) is 0.357. The molecule has 1 aromatic carbocycles. The van der Waals surface area contributed by atoms with Crippen molar-refractivity contribution in [3.63, 3.8) is 0 Å². The van der Waals surface area contributed by atoms with Crippen LogP contribution in [0, 0.1) is 10.1 Å². The second-order valence-corrected chi connectivity index (χ2v) is 5.54. The number of esters is 1. The minimum atomic E-state index is -0.883. The van der Waals surface area contributed by atoms with Gasteiger partial charge in [-0.05, 0) is 41.9 Å². The molecule has 0 unspecified atom stereocenters. The van der Waals surface area contributed by atoms with Crippen molar-refractivity contribution in [2.24, 2.45) is 0 Å². The first-order valence-corrected chi connectivity index (χ1v) is 7.73. The molecule has 0 aliphatic heterocycles. The molecule has 24 heavy (non-hydrogen) atoms. The van der Waals surface area contributed by atoms with E-state index in [9.17, 15) is 24.5 Å². The predicted molar refractivity (Wildman–Crippen MR) is 87.4 cm³/mol. The van der Waals surface area contributed by atoms with E-state index in [1.54, 1.807) is 6.92 Å². The summed E-state index contributed by atoms with van der Waals surface area (Å²) in [5.74, 6) is -1.90. The van der Waals surface area contributed by atoms with Gasteiger partial charge in [0.1, 0.15) is 6.04 Å². The van der Waals surface area contributed by atoms with Gasteiger partial charge in [-0.2, -0.15) is 0 Å². The molecule has 10 heteroatoms. The molecule has 1 atom stereocenters. The zero-order chi connectivity index (χ0) is 18.3. The Morgan fingerprint density at radius 1 is 1.38 bits per heavy atom. The van der Waals surface area contributed by atoms with Crippen molar-refractivity contribution in [1.29, 1.82) is 0 Å². The van der Waals surface area contributed by atoms with Gasteiger partial charge in [0.25, 0.3) is 11.6 Å². The summed E-state index contributed by atoms with van der Waals surface area (Å²) < 4.78 is 5.00. The lowest BCUT2D eigenvalue weighted by Gasteiger charge is -2.13. The monoisotopic (exact) mass is 401 g/mol. The highest BCUT2D eigenvalue weighted by molar-refractivity contribution is 9.10. The van der Waals surface area contributed by atoms with Gasteiger partial charge >= 0.3 is 5.97 Å². The largest absolute Gasteiger partial charge is 0.452 e. The number of rotatable bonds is 7. The summed E-state index contributed by atoms with van der Waals surface area (Å²) in [5, 5.41) is 15.7. The second kappa shape index (κ2) is 8.96. The van der Waals surface area contributed by atoms with Crippen LogP contribution in [-0.4, -0.2) is 41.9 Å². The van der Waals surface area contributed by atoms with Gasteiger partial charge in [-0.3, -0.25) is 19.7 Å². The lowest BCUT2D eigenvalue weighted by Crippen LogP contribution is -2.46. The van der Waals surface area contributed by atoms with Gasteiger partial charge in [-0.25, -0.2) is 4.79 Å². The minimum Gasteiger partial charge on any atom is -0.452 e. The van der Waals surface area contributed by atoms with Crippen molar-refractivity contribution in [2.75, 3.05) is 13.2 Å². The van der Waals surface area contributed by atoms with Crippen molar-refractivity contribution >= 4 is 39.4 Å². The molecule has 0 heterocycles. The highest BCUT2D eigenvalue weighted by Gasteiger charge is 2.19. The number of nitro benzene ring substituents is 1. The number of carbonyl (C=O) groups excluding carboxylic acids is 3. The van der Waals surface area contributed by atoms with E-state index in [4.69, 9.17) is 4.74 Å². The fourth-order valence-electron chi connectivity index (χ4n) is 1.67. The van der Waals surface area contributed by atoms with Gasteiger partial charge < -0.3 is 15.4 Å². The Morgan fingerprint density at radius 2 is 2.04 bits per heavy atom. The molecule has 1 rings (SSSR count). The van der Waals surface area contributed by atoms with E-state index in [-0.39, 0.29) is 21.6 Å². The van der Waals surface area contributed by atoms with Crippen molar-refractivity contribution < 1.29 is 24.0 Å². The molecule has 0 aliphatic carbocycles. The number of halogens is 1. The van der Waals surface area contributed by atoms with Gasteiger partial charge in [0.2, 0.25) is 5.91 Å². The summed E-state index contributed by atoms with van der Waals surface area (Å²) in [4.78, 5) is 45.1. The van der Waals surface area contributed by atoms with Crippen LogP contribution >= 0.6 is 15.9 Å². The Hall–Kier alpha value is -2.49. The molecule has 1 aromatic rings. The molecule has 2 amide bonds. The number of carbonyl (C=O) groups is 3. The molecule has 130 valence electrons. The second-order valence-electron chi connectivity index (χ2n) is 4.68. The third-order valence-corrected chi connectivity index (χ3v) is 3.51. The van der Waals surface area contributed by atoms with Crippen LogP contribution in [0.15, 0.2) is 22.7 Å². The Balaban J connectivity index is 2.60. The summed E-state index contributed by atoms with van der Waals surface area (Å²) in [6.07, 6.45) is 0. The van der Waals surface area contributed by atoms with Crippen LogP contribution in [0.3, 0.4) is 0 Å². The number of amides is 2. The fourth-order valence-corrected chi connectivity index (χ4v) is 2.06. The van der Waals surface area contributed by atoms with Gasteiger partial charge in [0, 0.05) is 12.6 Å². The van der Waals surface area contributed by atoms with Crippen molar-refractivity contribution in [1.82, 2.24) is 10.6 Å². The lowest BCUT2D eigenvalue weighted by atomic mass is 10.2. The molecule has 0 spiro atoms. The molecule has 0 aromatic heterocycles. The number of hydrogen-bond donors (Lipinski definition) is 2. The maximum Gasteiger partial charge on any atom is 0.338 e. The maximum atomic E-state index is 11.8. The van der Waals surface area contributed by atoms with Gasteiger partial charge in [0.15, 0.2) is 6.61 Å². The van der Waals surface area contributed by atoms with E-state index in [1.807, 2.05) is 0 Å². The predicted octanol–water partition coefficient (Wildman–Crippen LogP) is 1.15. The molecule has 2 N–H and O–H groups in total. The zero-order valence-corrected chi connectivity index (χ0v) is 14.6. The summed E-state index contributed by atoms with van der Waals surface area (Å²) >= 11 is 3.00. The molecule has 0 saturated carbocycles. The first-order chi connectivity index (χ1) is 11.3. The normalized spacial score (nSPS) is 11.3. The van der Waals surface area contributed by atoms with E-state index in [1.165, 1.54) is 19.1 Å². The van der Waals surface area contributed by atoms with E-state index in [2.05, 4.69) is 26.6 Å². The summed E-state index contributed by atoms with van der Waals surface area (Å²) in [6, 6.07) is 2.94. The average molecular weight is 402 g/mol. The summed E-state index contributed by atoms with van der Waals surface area (Å²) in [7, 11) is 0. The summed E-state index contributed by atoms with van der Waals surface area (Å²) in [5.41, 5.74) is -0.353. The van der Waals surface area contributed by atoms with Gasteiger partial charge in [-0.15, -0.1) is 0 Å². The number of benzene rings is 1. The van der Waals surface area contributed by atoms with E-state index in [0.29, 0.717) is 6.54 Å². The van der Waals surface area contributed by atoms with Crippen LogP contribution in [0.25, 0.3) is 0 Å². The van der Waals surface area contributed by atoms with Gasteiger partial charge in [-0.1, -0.05) is 0 Å². The lowest BCUT2D eigenvalue weighted by molar-refractivity contribution is -0.385. The standard InChI is InChI=1S/C14H16BrN3O6/c1-3-16-13(20)8(2)17-12(19)7-24-14(21)9-4-5-10(15)11(6-9)18(22)23/h4-6,8H,3,7H2,1-2H3,(H,16,20)(H,17,19)/t8-/m0/s1. The Kier molecular flexibility index (Phi) is 7.31. The summed E-state index contributed by atoms with van der Waals surface area (Å²) in [6.45, 7) is 3.05. The van der Waals surface area contributed by atoms with Crippen LogP contribution in [0.1, 0.15) is 24.2 Å². The highest BCUT2D eigenvalue weighted by Crippen LogP contribution is 2.25. The Morgan fingerprint density at radius 3 is 2.62 bits per heavy atom. The quantitative estimate of drug-likeness (QED) is 0.400. The Labute approximate surface area is 146 Å². The molecule has 0 fully saturated rings. The molecule has 0 aliphatic rings. The van der Waals surface area contributed by atoms with Crippen LogP contribution in [0.4, 0.5) is 5.69 Å². The van der Waals surface area contributed by atoms with Crippen molar-refractivity contribution in [2.45, 2.75) is 19.9 Å². The molecule has 0 saturated heterocycles. The maximum absolute atomic E-state index is 11.8. The van der Waals surface area contributed by atoms with Crippen LogP contribution < -0.4 is 10.6 Å².